The Morgan fingerprint density at radius 1 is 1.50 bits per heavy atom. The maximum absolute atomic E-state index is 13.8. The molecule has 0 aliphatic heterocycles. The zero-order valence-corrected chi connectivity index (χ0v) is 10.7. The van der Waals surface area contributed by atoms with Crippen LogP contribution in [0.5, 0.6) is 0 Å². The summed E-state index contributed by atoms with van der Waals surface area (Å²) in [5, 5.41) is 4.59. The predicted molar refractivity (Wildman–Crippen MR) is 68.4 cm³/mol. The lowest BCUT2D eigenvalue weighted by atomic mass is 10.0. The highest BCUT2D eigenvalue weighted by Crippen LogP contribution is 2.27. The molecule has 1 heterocycles. The zero-order valence-electron chi connectivity index (χ0n) is 9.90. The molecule has 1 aromatic carbocycles. The molecule has 4 nitrogen and oxygen atoms in total. The molecule has 0 aliphatic rings. The van der Waals surface area contributed by atoms with Gasteiger partial charge in [0.15, 0.2) is 0 Å². The molecule has 1 atom stereocenters. The van der Waals surface area contributed by atoms with E-state index < -0.39 is 6.04 Å². The molecule has 1 aromatic heterocycles. The third-order valence-corrected chi connectivity index (χ3v) is 3.06. The topological polar surface area (TPSA) is 55.9 Å². The lowest BCUT2D eigenvalue weighted by Crippen LogP contribution is -2.30. The first-order chi connectivity index (χ1) is 8.61. The second kappa shape index (κ2) is 5.48. The van der Waals surface area contributed by atoms with Crippen LogP contribution in [0, 0.1) is 5.82 Å². The Kier molecular flexibility index (Phi) is 3.96. The Bertz CT molecular complexity index is 520. The standard InChI is InChI=1S/C12H14ClFN4/c1-18-6-5-8(17-18)7-11(16-15)12-9(13)3-2-4-10(12)14/h2-6,11,16H,7,15H2,1H3. The molecule has 0 saturated carbocycles. The summed E-state index contributed by atoms with van der Waals surface area (Å²) < 4.78 is 15.5. The van der Waals surface area contributed by atoms with E-state index in [1.165, 1.54) is 6.07 Å². The Balaban J connectivity index is 2.28. The minimum absolute atomic E-state index is 0.355. The van der Waals surface area contributed by atoms with Gasteiger partial charge in [-0.05, 0) is 18.2 Å². The van der Waals surface area contributed by atoms with E-state index in [-0.39, 0.29) is 5.82 Å². The molecule has 0 spiro atoms. The van der Waals surface area contributed by atoms with Crippen LogP contribution in [-0.4, -0.2) is 9.78 Å². The Morgan fingerprint density at radius 3 is 2.83 bits per heavy atom. The molecule has 0 bridgehead atoms. The monoisotopic (exact) mass is 268 g/mol. The number of nitrogens with one attached hydrogen (secondary N) is 1. The molecule has 0 aliphatic carbocycles. The van der Waals surface area contributed by atoms with Gasteiger partial charge in [0.25, 0.3) is 0 Å². The molecule has 0 fully saturated rings. The fraction of sp³-hybridized carbons (Fsp3) is 0.250. The number of nitrogens with two attached hydrogens (primary N) is 1. The molecular weight excluding hydrogens is 255 g/mol. The van der Waals surface area contributed by atoms with Crippen LogP contribution >= 0.6 is 11.6 Å². The molecule has 3 N–H and O–H groups in total. The van der Waals surface area contributed by atoms with E-state index in [4.69, 9.17) is 17.4 Å². The highest BCUT2D eigenvalue weighted by molar-refractivity contribution is 6.31. The summed E-state index contributed by atoms with van der Waals surface area (Å²) in [5.41, 5.74) is 3.77. The van der Waals surface area contributed by atoms with Crippen LogP contribution < -0.4 is 11.3 Å². The Morgan fingerprint density at radius 2 is 2.28 bits per heavy atom. The van der Waals surface area contributed by atoms with Crippen molar-refractivity contribution in [2.45, 2.75) is 12.5 Å². The van der Waals surface area contributed by atoms with Crippen molar-refractivity contribution >= 4 is 11.6 Å². The van der Waals surface area contributed by atoms with Crippen LogP contribution in [0.15, 0.2) is 30.5 Å². The summed E-state index contributed by atoms with van der Waals surface area (Å²) in [6, 6.07) is 6.02. The number of aromatic nitrogens is 2. The largest absolute Gasteiger partial charge is 0.276 e. The first kappa shape index (κ1) is 13.0. The number of hydrogen-bond donors (Lipinski definition) is 2. The highest BCUT2D eigenvalue weighted by Gasteiger charge is 2.19. The summed E-state index contributed by atoms with van der Waals surface area (Å²) in [6.07, 6.45) is 2.30. The summed E-state index contributed by atoms with van der Waals surface area (Å²) >= 11 is 6.01. The lowest BCUT2D eigenvalue weighted by Gasteiger charge is -2.17. The molecule has 0 radical (unpaired) electrons. The van der Waals surface area contributed by atoms with Gasteiger partial charge in [-0.25, -0.2) is 4.39 Å². The van der Waals surface area contributed by atoms with Crippen molar-refractivity contribution in [3.63, 3.8) is 0 Å². The zero-order chi connectivity index (χ0) is 13.1. The Hall–Kier alpha value is -1.43. The number of aryl methyl sites for hydroxylation is 1. The van der Waals surface area contributed by atoms with E-state index >= 15 is 0 Å². The molecule has 18 heavy (non-hydrogen) atoms. The van der Waals surface area contributed by atoms with Gasteiger partial charge in [-0.2, -0.15) is 5.10 Å². The number of hydrogen-bond acceptors (Lipinski definition) is 3. The Labute approximate surface area is 110 Å². The molecule has 2 aromatic rings. The molecule has 6 heteroatoms. The van der Waals surface area contributed by atoms with Crippen molar-refractivity contribution < 1.29 is 4.39 Å². The minimum atomic E-state index is -0.409. The maximum Gasteiger partial charge on any atom is 0.129 e. The summed E-state index contributed by atoms with van der Waals surface area (Å²) in [6.45, 7) is 0. The van der Waals surface area contributed by atoms with E-state index in [2.05, 4.69) is 10.5 Å². The van der Waals surface area contributed by atoms with Crippen LogP contribution in [-0.2, 0) is 13.5 Å². The second-order valence-electron chi connectivity index (χ2n) is 4.04. The third kappa shape index (κ3) is 2.69. The summed E-state index contributed by atoms with van der Waals surface area (Å²) in [4.78, 5) is 0. The maximum atomic E-state index is 13.8. The second-order valence-corrected chi connectivity index (χ2v) is 4.45. The van der Waals surface area contributed by atoms with Crippen LogP contribution in [0.4, 0.5) is 4.39 Å². The number of hydrazine groups is 1. The fourth-order valence-electron chi connectivity index (χ4n) is 1.87. The van der Waals surface area contributed by atoms with E-state index in [1.54, 1.807) is 16.8 Å². The number of rotatable bonds is 4. The van der Waals surface area contributed by atoms with Gasteiger partial charge in [0.1, 0.15) is 5.82 Å². The molecular formula is C12H14ClFN4. The van der Waals surface area contributed by atoms with Gasteiger partial charge in [-0.1, -0.05) is 17.7 Å². The van der Waals surface area contributed by atoms with Gasteiger partial charge in [0.2, 0.25) is 0 Å². The molecule has 0 saturated heterocycles. The molecule has 1 unspecified atom stereocenters. The average molecular weight is 269 g/mol. The third-order valence-electron chi connectivity index (χ3n) is 2.73. The van der Waals surface area contributed by atoms with E-state index in [9.17, 15) is 4.39 Å². The van der Waals surface area contributed by atoms with Gasteiger partial charge in [-0.15, -0.1) is 0 Å². The molecule has 2 rings (SSSR count). The number of halogens is 2. The van der Waals surface area contributed by atoms with E-state index in [0.717, 1.165) is 5.69 Å². The highest BCUT2D eigenvalue weighted by atomic mass is 35.5. The first-order valence-electron chi connectivity index (χ1n) is 5.50. The number of nitrogens with zero attached hydrogens (tertiary/aromatic N) is 2. The van der Waals surface area contributed by atoms with Crippen molar-refractivity contribution in [1.82, 2.24) is 15.2 Å². The summed E-state index contributed by atoms with van der Waals surface area (Å²) in [7, 11) is 1.82. The van der Waals surface area contributed by atoms with Gasteiger partial charge in [0, 0.05) is 30.3 Å². The number of benzene rings is 1. The van der Waals surface area contributed by atoms with E-state index in [1.807, 2.05) is 19.3 Å². The minimum Gasteiger partial charge on any atom is -0.276 e. The van der Waals surface area contributed by atoms with Gasteiger partial charge in [-0.3, -0.25) is 16.0 Å². The fourth-order valence-corrected chi connectivity index (χ4v) is 2.16. The quantitative estimate of drug-likeness (QED) is 0.658. The van der Waals surface area contributed by atoms with E-state index in [0.29, 0.717) is 17.0 Å². The van der Waals surface area contributed by atoms with Crippen molar-refractivity contribution in [3.8, 4) is 0 Å². The van der Waals surface area contributed by atoms with Crippen molar-refractivity contribution in [2.24, 2.45) is 12.9 Å². The van der Waals surface area contributed by atoms with Crippen molar-refractivity contribution in [2.75, 3.05) is 0 Å². The smallest absolute Gasteiger partial charge is 0.129 e. The molecule has 96 valence electrons. The average Bonchev–Trinajstić information content (AvgIpc) is 2.73. The predicted octanol–water partition coefficient (Wildman–Crippen LogP) is 1.96. The van der Waals surface area contributed by atoms with Gasteiger partial charge < -0.3 is 0 Å². The first-order valence-corrected chi connectivity index (χ1v) is 5.88. The van der Waals surface area contributed by atoms with Crippen LogP contribution in [0.25, 0.3) is 0 Å². The van der Waals surface area contributed by atoms with Crippen molar-refractivity contribution in [1.29, 1.82) is 0 Å². The van der Waals surface area contributed by atoms with Crippen LogP contribution in [0.3, 0.4) is 0 Å². The summed E-state index contributed by atoms with van der Waals surface area (Å²) in [5.74, 6) is 5.11. The van der Waals surface area contributed by atoms with Crippen LogP contribution in [0.1, 0.15) is 17.3 Å². The normalized spacial score (nSPS) is 12.7. The van der Waals surface area contributed by atoms with Crippen LogP contribution in [0.2, 0.25) is 5.02 Å². The van der Waals surface area contributed by atoms with Gasteiger partial charge >= 0.3 is 0 Å². The lowest BCUT2D eigenvalue weighted by molar-refractivity contribution is 0.504. The molecule has 0 amide bonds. The van der Waals surface area contributed by atoms with Gasteiger partial charge in [0.05, 0.1) is 11.7 Å². The van der Waals surface area contributed by atoms with Crippen molar-refractivity contribution in [3.05, 3.63) is 52.6 Å². The SMILES string of the molecule is Cn1ccc(CC(NN)c2c(F)cccc2Cl)n1.